The molecule has 1 aromatic heterocycles. The predicted octanol–water partition coefficient (Wildman–Crippen LogP) is 1.92. The Labute approximate surface area is 131 Å². The highest BCUT2D eigenvalue weighted by Gasteiger charge is 2.12. The van der Waals surface area contributed by atoms with Gasteiger partial charge in [-0.05, 0) is 25.5 Å². The van der Waals surface area contributed by atoms with Gasteiger partial charge in [0.15, 0.2) is 0 Å². The maximum absolute atomic E-state index is 12.0. The summed E-state index contributed by atoms with van der Waals surface area (Å²) in [5.41, 5.74) is 0.728. The fourth-order valence-corrected chi connectivity index (χ4v) is 2.33. The molecule has 0 aliphatic carbocycles. The highest BCUT2D eigenvalue weighted by Crippen LogP contribution is 2.21. The van der Waals surface area contributed by atoms with Crippen molar-refractivity contribution in [2.45, 2.75) is 32.4 Å². The molecule has 1 aromatic carbocycles. The number of amides is 1. The highest BCUT2D eigenvalue weighted by atomic mass is 16.6. The molecule has 1 unspecified atom stereocenters. The molecular formula is C15H17N3O5. The van der Waals surface area contributed by atoms with E-state index in [-0.39, 0.29) is 30.6 Å². The molecule has 23 heavy (non-hydrogen) atoms. The molecule has 0 bridgehead atoms. The number of fused-ring (bicyclic) bond motifs is 1. The zero-order valence-corrected chi connectivity index (χ0v) is 12.6. The van der Waals surface area contributed by atoms with Crippen molar-refractivity contribution < 1.29 is 19.6 Å². The molecular weight excluding hydrogens is 302 g/mol. The van der Waals surface area contributed by atoms with Crippen molar-refractivity contribution in [2.75, 3.05) is 0 Å². The molecule has 2 rings (SSSR count). The predicted molar refractivity (Wildman–Crippen MR) is 83.1 cm³/mol. The average Bonchev–Trinajstić information content (AvgIpc) is 2.87. The number of carbonyl (C=O) groups excluding carboxylic acids is 1. The molecule has 1 amide bonds. The molecule has 0 saturated heterocycles. The van der Waals surface area contributed by atoms with E-state index in [0.29, 0.717) is 11.8 Å². The Morgan fingerprint density at radius 1 is 1.39 bits per heavy atom. The van der Waals surface area contributed by atoms with E-state index in [1.807, 2.05) is 0 Å². The lowest BCUT2D eigenvalue weighted by atomic mass is 10.2. The van der Waals surface area contributed by atoms with Crippen LogP contribution in [0, 0.1) is 10.1 Å². The molecule has 2 aromatic rings. The van der Waals surface area contributed by atoms with Crippen LogP contribution in [0.25, 0.3) is 10.9 Å². The maximum Gasteiger partial charge on any atom is 0.303 e. The minimum absolute atomic E-state index is 0.00185. The number of benzene rings is 1. The van der Waals surface area contributed by atoms with Crippen LogP contribution in [0.1, 0.15) is 19.8 Å². The minimum atomic E-state index is -0.899. The quantitative estimate of drug-likeness (QED) is 0.597. The van der Waals surface area contributed by atoms with Crippen molar-refractivity contribution in [1.82, 2.24) is 9.88 Å². The molecule has 0 aliphatic heterocycles. The summed E-state index contributed by atoms with van der Waals surface area (Å²) in [4.78, 5) is 32.8. The van der Waals surface area contributed by atoms with Crippen LogP contribution in [0.2, 0.25) is 0 Å². The first-order chi connectivity index (χ1) is 10.9. The van der Waals surface area contributed by atoms with E-state index in [9.17, 15) is 19.7 Å². The van der Waals surface area contributed by atoms with Crippen molar-refractivity contribution in [3.63, 3.8) is 0 Å². The second-order valence-electron chi connectivity index (χ2n) is 5.34. The van der Waals surface area contributed by atoms with Crippen LogP contribution in [0.5, 0.6) is 0 Å². The van der Waals surface area contributed by atoms with Gasteiger partial charge in [-0.3, -0.25) is 19.7 Å². The van der Waals surface area contributed by atoms with Gasteiger partial charge in [0, 0.05) is 41.7 Å². The maximum atomic E-state index is 12.0. The van der Waals surface area contributed by atoms with Crippen LogP contribution in [0.4, 0.5) is 5.69 Å². The number of nitrogens with one attached hydrogen (secondary N) is 1. The fraction of sp³-hybridized carbons (Fsp3) is 0.333. The van der Waals surface area contributed by atoms with Crippen LogP contribution in [0.3, 0.4) is 0 Å². The van der Waals surface area contributed by atoms with E-state index in [4.69, 9.17) is 5.11 Å². The molecule has 122 valence electrons. The number of carboxylic acids is 1. The minimum Gasteiger partial charge on any atom is -0.481 e. The number of hydrogen-bond donors (Lipinski definition) is 2. The topological polar surface area (TPSA) is 114 Å². The van der Waals surface area contributed by atoms with Crippen molar-refractivity contribution in [2.24, 2.45) is 0 Å². The number of rotatable bonds is 7. The number of aromatic nitrogens is 1. The van der Waals surface area contributed by atoms with E-state index in [1.54, 1.807) is 29.8 Å². The van der Waals surface area contributed by atoms with Gasteiger partial charge in [-0.15, -0.1) is 0 Å². The zero-order valence-electron chi connectivity index (χ0n) is 12.6. The third-order valence-corrected chi connectivity index (χ3v) is 3.48. The molecule has 0 spiro atoms. The molecule has 1 atom stereocenters. The molecule has 1 heterocycles. The Morgan fingerprint density at radius 2 is 2.13 bits per heavy atom. The first-order valence-corrected chi connectivity index (χ1v) is 7.11. The molecule has 0 radical (unpaired) electrons. The lowest BCUT2D eigenvalue weighted by Gasteiger charge is -2.13. The summed E-state index contributed by atoms with van der Waals surface area (Å²) in [6.45, 7) is 1.82. The van der Waals surface area contributed by atoms with E-state index in [1.165, 1.54) is 12.1 Å². The molecule has 2 N–H and O–H groups in total. The van der Waals surface area contributed by atoms with Crippen LogP contribution in [0.15, 0.2) is 30.5 Å². The molecule has 8 nitrogen and oxygen atoms in total. The molecule has 0 saturated carbocycles. The van der Waals surface area contributed by atoms with Crippen LogP contribution in [-0.2, 0) is 16.1 Å². The van der Waals surface area contributed by atoms with Gasteiger partial charge in [0.25, 0.3) is 5.69 Å². The van der Waals surface area contributed by atoms with E-state index in [0.717, 1.165) is 5.52 Å². The number of nitrogens with zero attached hydrogens (tertiary/aromatic N) is 2. The standard InChI is InChI=1S/C15H17N3O5/c1-10(2-5-15(20)21)16-14(19)9-17-7-6-11-8-12(18(22)23)3-4-13(11)17/h3-4,6-8,10H,2,5,9H2,1H3,(H,16,19)(H,20,21). The Bertz CT molecular complexity index is 753. The first kappa shape index (κ1) is 16.5. The highest BCUT2D eigenvalue weighted by molar-refractivity contribution is 5.85. The first-order valence-electron chi connectivity index (χ1n) is 7.11. The zero-order chi connectivity index (χ0) is 17.0. The fourth-order valence-electron chi connectivity index (χ4n) is 2.33. The van der Waals surface area contributed by atoms with Crippen LogP contribution >= 0.6 is 0 Å². The summed E-state index contributed by atoms with van der Waals surface area (Å²) in [6.07, 6.45) is 2.05. The number of carbonyl (C=O) groups is 2. The largest absolute Gasteiger partial charge is 0.481 e. The van der Waals surface area contributed by atoms with Crippen LogP contribution in [-0.4, -0.2) is 32.5 Å². The van der Waals surface area contributed by atoms with Gasteiger partial charge in [-0.2, -0.15) is 0 Å². The van der Waals surface area contributed by atoms with Crippen molar-refractivity contribution in [3.8, 4) is 0 Å². The molecule has 0 fully saturated rings. The molecule has 0 aliphatic rings. The van der Waals surface area contributed by atoms with E-state index >= 15 is 0 Å². The molecule has 8 heteroatoms. The van der Waals surface area contributed by atoms with Gasteiger partial charge >= 0.3 is 5.97 Å². The summed E-state index contributed by atoms with van der Waals surface area (Å²) in [7, 11) is 0. The second kappa shape index (κ2) is 6.91. The van der Waals surface area contributed by atoms with Crippen molar-refractivity contribution >= 4 is 28.5 Å². The number of hydrogen-bond acceptors (Lipinski definition) is 4. The van der Waals surface area contributed by atoms with Crippen molar-refractivity contribution in [3.05, 3.63) is 40.6 Å². The second-order valence-corrected chi connectivity index (χ2v) is 5.34. The number of nitro groups is 1. The summed E-state index contributed by atoms with van der Waals surface area (Å²) < 4.78 is 1.69. The van der Waals surface area contributed by atoms with Gasteiger partial charge in [0.2, 0.25) is 5.91 Å². The Balaban J connectivity index is 2.02. The van der Waals surface area contributed by atoms with Gasteiger partial charge in [-0.1, -0.05) is 0 Å². The Hall–Kier alpha value is -2.90. The summed E-state index contributed by atoms with van der Waals surface area (Å²) in [6, 6.07) is 5.94. The van der Waals surface area contributed by atoms with Crippen molar-refractivity contribution in [1.29, 1.82) is 0 Å². The van der Waals surface area contributed by atoms with Gasteiger partial charge < -0.3 is 15.0 Å². The van der Waals surface area contributed by atoms with Crippen LogP contribution < -0.4 is 5.32 Å². The number of aliphatic carboxylic acids is 1. The smallest absolute Gasteiger partial charge is 0.303 e. The van der Waals surface area contributed by atoms with E-state index in [2.05, 4.69) is 5.32 Å². The summed E-state index contributed by atoms with van der Waals surface area (Å²) in [5.74, 6) is -1.14. The monoisotopic (exact) mass is 319 g/mol. The average molecular weight is 319 g/mol. The Kier molecular flexibility index (Phi) is 4.95. The number of nitro benzene ring substituents is 1. The van der Waals surface area contributed by atoms with Gasteiger partial charge in [0.05, 0.1) is 4.92 Å². The third-order valence-electron chi connectivity index (χ3n) is 3.48. The van der Waals surface area contributed by atoms with Gasteiger partial charge in [0.1, 0.15) is 6.54 Å². The third kappa shape index (κ3) is 4.29. The van der Waals surface area contributed by atoms with Gasteiger partial charge in [-0.25, -0.2) is 0 Å². The summed E-state index contributed by atoms with van der Waals surface area (Å²) >= 11 is 0. The van der Waals surface area contributed by atoms with E-state index < -0.39 is 10.9 Å². The lowest BCUT2D eigenvalue weighted by molar-refractivity contribution is -0.384. The normalized spacial score (nSPS) is 12.0. The lowest BCUT2D eigenvalue weighted by Crippen LogP contribution is -2.35. The number of non-ortho nitro benzene ring substituents is 1. The SMILES string of the molecule is CC(CCC(=O)O)NC(=O)Cn1ccc2cc([N+](=O)[O-])ccc21. The number of carboxylic acid groups (broad SMARTS) is 1. The Morgan fingerprint density at radius 3 is 2.78 bits per heavy atom. The summed E-state index contributed by atoms with van der Waals surface area (Å²) in [5, 5.41) is 22.8.